The van der Waals surface area contributed by atoms with Crippen molar-refractivity contribution >= 4 is 6.24 Å². The first-order valence-electron chi connectivity index (χ1n) is 7.13. The molecular weight excluding hydrogens is 460 g/mol. The molecule has 0 rings (SSSR count). The number of hydrogen-bond donors (Lipinski definition) is 1. The molecule has 0 radical (unpaired) electrons. The monoisotopic (exact) mass is 489 g/mol. The van der Waals surface area contributed by atoms with Gasteiger partial charge in [-0.2, -0.15) is 0 Å². The van der Waals surface area contributed by atoms with Crippen LogP contribution in [0, 0.1) is 32.6 Å². The van der Waals surface area contributed by atoms with Crippen molar-refractivity contribution < 1.29 is 31.5 Å². The summed E-state index contributed by atoms with van der Waals surface area (Å²) in [6.07, 6.45) is 9.17. The zero-order chi connectivity index (χ0) is 14.7. The SMILES string of the molecule is C=CCCCCCC[C](O[C@H](C(=C)N)C(C)C)=[U]=[CH2]. The van der Waals surface area contributed by atoms with Crippen LogP contribution in [0.3, 0.4) is 0 Å². The zero-order valence-electron chi connectivity index (χ0n) is 12.6. The quantitative estimate of drug-likeness (QED) is 0.355. The second kappa shape index (κ2) is 11.8. The summed E-state index contributed by atoms with van der Waals surface area (Å²) in [5, 5.41) is 0. The molecule has 0 spiro atoms. The Hall–Kier alpha value is 0.0319. The minimum absolute atomic E-state index is 0.0333. The van der Waals surface area contributed by atoms with Crippen LogP contribution >= 0.6 is 0 Å². The first-order valence-corrected chi connectivity index (χ1v) is 12.2. The van der Waals surface area contributed by atoms with Gasteiger partial charge in [0.05, 0.1) is 0 Å². The van der Waals surface area contributed by atoms with Gasteiger partial charge < -0.3 is 0 Å². The third-order valence-corrected chi connectivity index (χ3v) is 6.17. The van der Waals surface area contributed by atoms with E-state index in [2.05, 4.69) is 30.5 Å². The fraction of sp³-hybridized carbons (Fsp3) is 0.625. The zero-order valence-corrected chi connectivity index (χ0v) is 16.7. The fourth-order valence-electron chi connectivity index (χ4n) is 1.91. The van der Waals surface area contributed by atoms with Gasteiger partial charge in [-0.3, -0.25) is 0 Å². The molecule has 0 amide bonds. The number of hydrogen-bond acceptors (Lipinski definition) is 2. The van der Waals surface area contributed by atoms with E-state index in [0.717, 1.165) is 12.8 Å². The molecule has 1 atom stereocenters. The third kappa shape index (κ3) is 9.55. The summed E-state index contributed by atoms with van der Waals surface area (Å²) in [6, 6.07) is 0. The van der Waals surface area contributed by atoms with E-state index in [1.807, 2.05) is 6.08 Å². The first kappa shape index (κ1) is 19.0. The molecule has 0 bridgehead atoms. The summed E-state index contributed by atoms with van der Waals surface area (Å²) >= 11 is -1.10. The van der Waals surface area contributed by atoms with Crippen LogP contribution in [0.25, 0.3) is 0 Å². The Kier molecular flexibility index (Phi) is 11.8. The van der Waals surface area contributed by atoms with Crippen molar-refractivity contribution in [2.75, 3.05) is 0 Å². The van der Waals surface area contributed by atoms with Gasteiger partial charge in [0.2, 0.25) is 0 Å². The number of allylic oxidation sites excluding steroid dienone is 1. The van der Waals surface area contributed by atoms with Gasteiger partial charge in [-0.05, 0) is 0 Å². The Morgan fingerprint density at radius 3 is 2.37 bits per heavy atom. The average Bonchev–Trinajstić information content (AvgIpc) is 2.36. The Labute approximate surface area is 132 Å². The van der Waals surface area contributed by atoms with Gasteiger partial charge >= 0.3 is 133 Å². The molecule has 0 saturated carbocycles. The van der Waals surface area contributed by atoms with Crippen molar-refractivity contribution in [2.45, 2.75) is 58.5 Å². The summed E-state index contributed by atoms with van der Waals surface area (Å²) in [7, 11) is 0. The van der Waals surface area contributed by atoms with Crippen molar-refractivity contribution in [3.05, 3.63) is 24.9 Å². The van der Waals surface area contributed by atoms with Gasteiger partial charge in [-0.1, -0.05) is 0 Å². The molecule has 0 unspecified atom stereocenters. The Morgan fingerprint density at radius 1 is 1.26 bits per heavy atom. The van der Waals surface area contributed by atoms with Crippen LogP contribution in [0.5, 0.6) is 0 Å². The van der Waals surface area contributed by atoms with Gasteiger partial charge in [0.1, 0.15) is 0 Å². The molecule has 19 heavy (non-hydrogen) atoms. The standard InChI is InChI=1S/C15H27NO.CH2.U/c1-5-6-7-8-9-10-11-12-17-15(13(2)3)14(4)16;;/h5,13,15H,1,4,6-11,16H2,2-3H3;1H2;/t15-;;/m0../s1. The molecule has 108 valence electrons. The van der Waals surface area contributed by atoms with Gasteiger partial charge in [0, 0.05) is 0 Å². The molecule has 0 aliphatic heterocycles. The van der Waals surface area contributed by atoms with Crippen LogP contribution < -0.4 is 5.73 Å². The maximum absolute atomic E-state index is 6.06. The summed E-state index contributed by atoms with van der Waals surface area (Å²) < 4.78 is 11.5. The van der Waals surface area contributed by atoms with Crippen LogP contribution in [0.1, 0.15) is 52.4 Å². The van der Waals surface area contributed by atoms with Crippen molar-refractivity contribution in [1.82, 2.24) is 0 Å². The van der Waals surface area contributed by atoms with E-state index >= 15 is 0 Å². The van der Waals surface area contributed by atoms with E-state index in [-0.39, 0.29) is 6.10 Å². The fourth-order valence-corrected chi connectivity index (χ4v) is 4.26. The van der Waals surface area contributed by atoms with Crippen molar-refractivity contribution in [1.29, 1.82) is 0 Å². The van der Waals surface area contributed by atoms with Crippen molar-refractivity contribution in [3.8, 4) is 0 Å². The second-order valence-electron chi connectivity index (χ2n) is 5.20. The minimum atomic E-state index is -1.10. The molecule has 0 saturated heterocycles. The summed E-state index contributed by atoms with van der Waals surface area (Å²) in [6.45, 7) is 11.8. The number of nitrogens with two attached hydrogens (primary N) is 1. The van der Waals surface area contributed by atoms with Gasteiger partial charge in [-0.25, -0.2) is 0 Å². The van der Waals surface area contributed by atoms with Crippen LogP contribution in [0.4, 0.5) is 0 Å². The topological polar surface area (TPSA) is 35.2 Å². The molecule has 0 aromatic heterocycles. The van der Waals surface area contributed by atoms with E-state index in [1.54, 1.807) is 0 Å². The molecule has 0 fully saturated rings. The van der Waals surface area contributed by atoms with E-state index in [9.17, 15) is 0 Å². The predicted octanol–water partition coefficient (Wildman–Crippen LogP) is 3.67. The summed E-state index contributed by atoms with van der Waals surface area (Å²) in [5.41, 5.74) is 6.45. The molecule has 0 aromatic rings. The van der Waals surface area contributed by atoms with E-state index < -0.39 is 26.7 Å². The molecule has 2 N–H and O–H groups in total. The number of unbranched alkanes of at least 4 members (excludes halogenated alkanes) is 4. The predicted molar refractivity (Wildman–Crippen MR) is 83.1 cm³/mol. The van der Waals surface area contributed by atoms with Crippen LogP contribution in [0.2, 0.25) is 0 Å². The molecule has 0 heterocycles. The molecule has 3 heteroatoms. The summed E-state index contributed by atoms with van der Waals surface area (Å²) in [5.74, 6) is 0.373. The average molecular weight is 489 g/mol. The Morgan fingerprint density at radius 2 is 1.89 bits per heavy atom. The molecule has 0 aliphatic rings. The molecule has 0 aliphatic carbocycles. The van der Waals surface area contributed by atoms with E-state index in [1.165, 1.54) is 28.4 Å². The summed E-state index contributed by atoms with van der Waals surface area (Å²) in [4.78, 5) is 0. The normalized spacial score (nSPS) is 11.9. The molecule has 2 nitrogen and oxygen atoms in total. The van der Waals surface area contributed by atoms with Crippen molar-refractivity contribution in [3.63, 3.8) is 0 Å². The first-order chi connectivity index (χ1) is 9.02. The van der Waals surface area contributed by atoms with Gasteiger partial charge in [0.15, 0.2) is 0 Å². The van der Waals surface area contributed by atoms with Crippen LogP contribution in [-0.2, 0) is 4.74 Å². The Balaban J connectivity index is 4.05. The molecular formula is C16H29NOU. The van der Waals surface area contributed by atoms with Crippen LogP contribution in [-0.4, -0.2) is 12.3 Å². The Bertz CT molecular complexity index is 330. The van der Waals surface area contributed by atoms with E-state index in [0.29, 0.717) is 11.6 Å². The van der Waals surface area contributed by atoms with Crippen LogP contribution in [0.15, 0.2) is 24.9 Å². The third-order valence-electron chi connectivity index (χ3n) is 3.00. The number of ether oxygens (including phenoxy) is 1. The van der Waals surface area contributed by atoms with E-state index in [4.69, 9.17) is 10.5 Å². The van der Waals surface area contributed by atoms with Gasteiger partial charge in [0.25, 0.3) is 0 Å². The van der Waals surface area contributed by atoms with Gasteiger partial charge in [-0.15, -0.1) is 0 Å². The molecule has 0 aromatic carbocycles. The maximum atomic E-state index is 6.06. The van der Waals surface area contributed by atoms with Crippen molar-refractivity contribution in [2.24, 2.45) is 11.7 Å². The number of rotatable bonds is 11. The second-order valence-corrected chi connectivity index (χ2v) is 8.99.